The van der Waals surface area contributed by atoms with Crippen LogP contribution in [-0.2, 0) is 0 Å². The third kappa shape index (κ3) is 2.15. The van der Waals surface area contributed by atoms with Crippen LogP contribution in [0.2, 0.25) is 0 Å². The number of aromatic nitrogens is 1. The molecule has 2 heterocycles. The molecule has 92 valence electrons. The Kier molecular flexibility index (Phi) is 2.64. The second-order valence-corrected chi connectivity index (χ2v) is 3.95. The van der Waals surface area contributed by atoms with Crippen molar-refractivity contribution in [2.24, 2.45) is 0 Å². The highest BCUT2D eigenvalue weighted by atomic mass is 16.6. The Balaban J connectivity index is 1.85. The Morgan fingerprint density at radius 3 is 2.61 bits per heavy atom. The van der Waals surface area contributed by atoms with Gasteiger partial charge in [0.15, 0.2) is 11.5 Å². The van der Waals surface area contributed by atoms with Crippen molar-refractivity contribution in [1.82, 2.24) is 4.98 Å². The number of ether oxygens (including phenoxy) is 2. The molecule has 5 nitrogen and oxygen atoms in total. The zero-order valence-electron chi connectivity index (χ0n) is 9.72. The fraction of sp³-hybridized carbons (Fsp3) is 0.154. The lowest BCUT2D eigenvalue weighted by Gasteiger charge is -2.19. The standard InChI is InChI=1S/C13H13N3O2/c14-13-8-10(3-4-15-13)16-9-1-2-11-12(7-9)18-6-5-17-11/h1-4,7-8H,5-6H2,(H3,14,15,16). The Bertz CT molecular complexity index is 572. The van der Waals surface area contributed by atoms with Crippen LogP contribution in [0, 0.1) is 0 Å². The summed E-state index contributed by atoms with van der Waals surface area (Å²) in [6.45, 7) is 1.18. The maximum Gasteiger partial charge on any atom is 0.163 e. The maximum atomic E-state index is 5.63. The lowest BCUT2D eigenvalue weighted by atomic mass is 10.2. The molecule has 1 aliphatic rings. The number of anilines is 3. The molecular formula is C13H13N3O2. The SMILES string of the molecule is Nc1cc(Nc2ccc3c(c2)OCCO3)ccn1. The van der Waals surface area contributed by atoms with Crippen molar-refractivity contribution in [2.75, 3.05) is 24.3 Å². The number of fused-ring (bicyclic) bond motifs is 1. The Morgan fingerprint density at radius 1 is 1.00 bits per heavy atom. The highest BCUT2D eigenvalue weighted by Crippen LogP contribution is 2.33. The molecule has 0 amide bonds. The largest absolute Gasteiger partial charge is 0.486 e. The Hall–Kier alpha value is -2.43. The maximum absolute atomic E-state index is 5.63. The van der Waals surface area contributed by atoms with Gasteiger partial charge in [-0.3, -0.25) is 0 Å². The summed E-state index contributed by atoms with van der Waals surface area (Å²) in [5, 5.41) is 3.24. The molecule has 5 heteroatoms. The monoisotopic (exact) mass is 243 g/mol. The van der Waals surface area contributed by atoms with Gasteiger partial charge in [0.2, 0.25) is 0 Å². The average Bonchev–Trinajstić information content (AvgIpc) is 2.39. The number of hydrogen-bond donors (Lipinski definition) is 2. The second kappa shape index (κ2) is 4.44. The minimum atomic E-state index is 0.484. The first-order chi connectivity index (χ1) is 8.81. The molecule has 1 aromatic carbocycles. The number of nitrogens with two attached hydrogens (primary N) is 1. The zero-order valence-corrected chi connectivity index (χ0v) is 9.72. The lowest BCUT2D eigenvalue weighted by Crippen LogP contribution is -2.15. The van der Waals surface area contributed by atoms with Gasteiger partial charge in [-0.1, -0.05) is 0 Å². The van der Waals surface area contributed by atoms with Gasteiger partial charge in [-0.2, -0.15) is 0 Å². The predicted octanol–water partition coefficient (Wildman–Crippen LogP) is 2.18. The van der Waals surface area contributed by atoms with Gasteiger partial charge in [0.05, 0.1) is 0 Å². The van der Waals surface area contributed by atoms with E-state index in [0.29, 0.717) is 19.0 Å². The van der Waals surface area contributed by atoms with E-state index in [1.54, 1.807) is 12.3 Å². The molecule has 0 bridgehead atoms. The summed E-state index contributed by atoms with van der Waals surface area (Å²) in [4.78, 5) is 3.94. The van der Waals surface area contributed by atoms with Gasteiger partial charge in [-0.25, -0.2) is 4.98 Å². The zero-order chi connectivity index (χ0) is 12.4. The molecule has 0 fully saturated rings. The van der Waals surface area contributed by atoms with Gasteiger partial charge in [0, 0.05) is 29.7 Å². The molecule has 1 aromatic heterocycles. The van der Waals surface area contributed by atoms with Gasteiger partial charge < -0.3 is 20.5 Å². The number of nitrogen functional groups attached to an aromatic ring is 1. The van der Waals surface area contributed by atoms with Gasteiger partial charge in [-0.15, -0.1) is 0 Å². The first kappa shape index (κ1) is 10.7. The first-order valence-electron chi connectivity index (χ1n) is 5.69. The van der Waals surface area contributed by atoms with Gasteiger partial charge in [0.1, 0.15) is 19.0 Å². The molecule has 0 atom stereocenters. The van der Waals surface area contributed by atoms with Gasteiger partial charge in [0.25, 0.3) is 0 Å². The van der Waals surface area contributed by atoms with Crippen LogP contribution < -0.4 is 20.5 Å². The highest BCUT2D eigenvalue weighted by molar-refractivity contribution is 5.65. The molecule has 2 aromatic rings. The van der Waals surface area contributed by atoms with E-state index in [0.717, 1.165) is 22.9 Å². The van der Waals surface area contributed by atoms with Crippen LogP contribution in [0.5, 0.6) is 11.5 Å². The second-order valence-electron chi connectivity index (χ2n) is 3.95. The normalized spacial score (nSPS) is 13.1. The topological polar surface area (TPSA) is 69.4 Å². The van der Waals surface area contributed by atoms with E-state index in [1.807, 2.05) is 24.3 Å². The molecule has 0 aliphatic carbocycles. The lowest BCUT2D eigenvalue weighted by molar-refractivity contribution is 0.171. The summed E-state index contributed by atoms with van der Waals surface area (Å²) in [5.74, 6) is 2.02. The van der Waals surface area contributed by atoms with Crippen LogP contribution in [-0.4, -0.2) is 18.2 Å². The van der Waals surface area contributed by atoms with E-state index in [4.69, 9.17) is 15.2 Å². The fourth-order valence-electron chi connectivity index (χ4n) is 1.81. The van der Waals surface area contributed by atoms with E-state index in [2.05, 4.69) is 10.3 Å². The van der Waals surface area contributed by atoms with E-state index in [-0.39, 0.29) is 0 Å². The van der Waals surface area contributed by atoms with Gasteiger partial charge in [-0.05, 0) is 18.2 Å². The van der Waals surface area contributed by atoms with Crippen LogP contribution in [0.4, 0.5) is 17.2 Å². The fourth-order valence-corrected chi connectivity index (χ4v) is 1.81. The van der Waals surface area contributed by atoms with Crippen molar-refractivity contribution in [3.63, 3.8) is 0 Å². The van der Waals surface area contributed by atoms with Crippen molar-refractivity contribution >= 4 is 17.2 Å². The van der Waals surface area contributed by atoms with Crippen LogP contribution in [0.3, 0.4) is 0 Å². The van der Waals surface area contributed by atoms with Crippen LogP contribution >= 0.6 is 0 Å². The van der Waals surface area contributed by atoms with E-state index in [1.165, 1.54) is 0 Å². The number of nitrogens with one attached hydrogen (secondary N) is 1. The van der Waals surface area contributed by atoms with E-state index >= 15 is 0 Å². The molecule has 0 radical (unpaired) electrons. The smallest absolute Gasteiger partial charge is 0.163 e. The van der Waals surface area contributed by atoms with Crippen molar-refractivity contribution in [3.05, 3.63) is 36.5 Å². The molecule has 0 spiro atoms. The summed E-state index contributed by atoms with van der Waals surface area (Å²) in [5.41, 5.74) is 7.44. The van der Waals surface area contributed by atoms with E-state index in [9.17, 15) is 0 Å². The molecular weight excluding hydrogens is 230 g/mol. The van der Waals surface area contributed by atoms with Crippen LogP contribution in [0.1, 0.15) is 0 Å². The number of pyridine rings is 1. The third-order valence-corrected chi connectivity index (χ3v) is 2.61. The van der Waals surface area contributed by atoms with E-state index < -0.39 is 0 Å². The molecule has 0 saturated heterocycles. The summed E-state index contributed by atoms with van der Waals surface area (Å²) < 4.78 is 11.0. The molecule has 1 aliphatic heterocycles. The van der Waals surface area contributed by atoms with Crippen LogP contribution in [0.15, 0.2) is 36.5 Å². The number of rotatable bonds is 2. The van der Waals surface area contributed by atoms with Crippen molar-refractivity contribution in [3.8, 4) is 11.5 Å². The van der Waals surface area contributed by atoms with Crippen molar-refractivity contribution in [1.29, 1.82) is 0 Å². The number of nitrogens with zero attached hydrogens (tertiary/aromatic N) is 1. The summed E-state index contributed by atoms with van der Waals surface area (Å²) >= 11 is 0. The molecule has 3 N–H and O–H groups in total. The minimum Gasteiger partial charge on any atom is -0.486 e. The quantitative estimate of drug-likeness (QED) is 0.846. The summed E-state index contributed by atoms with van der Waals surface area (Å²) in [7, 11) is 0. The minimum absolute atomic E-state index is 0.484. The first-order valence-corrected chi connectivity index (χ1v) is 5.69. The van der Waals surface area contributed by atoms with Crippen molar-refractivity contribution in [2.45, 2.75) is 0 Å². The Morgan fingerprint density at radius 2 is 1.78 bits per heavy atom. The van der Waals surface area contributed by atoms with Crippen molar-refractivity contribution < 1.29 is 9.47 Å². The third-order valence-electron chi connectivity index (χ3n) is 2.61. The molecule has 18 heavy (non-hydrogen) atoms. The molecule has 3 rings (SSSR count). The summed E-state index contributed by atoms with van der Waals surface area (Å²) in [6.07, 6.45) is 1.66. The number of benzene rings is 1. The van der Waals surface area contributed by atoms with Gasteiger partial charge >= 0.3 is 0 Å². The number of hydrogen-bond acceptors (Lipinski definition) is 5. The molecule has 0 saturated carbocycles. The highest BCUT2D eigenvalue weighted by Gasteiger charge is 2.11. The van der Waals surface area contributed by atoms with Crippen LogP contribution in [0.25, 0.3) is 0 Å². The average molecular weight is 243 g/mol. The molecule has 0 unspecified atom stereocenters. The Labute approximate surface area is 105 Å². The predicted molar refractivity (Wildman–Crippen MR) is 69.4 cm³/mol. The summed E-state index contributed by atoms with van der Waals surface area (Å²) in [6, 6.07) is 9.36.